The molecule has 0 unspecified atom stereocenters. The number of imide groups is 1. The Morgan fingerprint density at radius 2 is 1.48 bits per heavy atom. The lowest BCUT2D eigenvalue weighted by atomic mass is 9.63. The Balaban J connectivity index is 1.42. The second-order valence-corrected chi connectivity index (χ2v) is 9.46. The number of hydrogen-bond donors (Lipinski definition) is 2. The minimum absolute atomic E-state index is 0.113. The number of fused-ring (bicyclic) bond motifs is 1. The van der Waals surface area contributed by atoms with Gasteiger partial charge in [-0.25, -0.2) is 4.79 Å². The number of rotatable bonds is 5. The van der Waals surface area contributed by atoms with Gasteiger partial charge in [-0.1, -0.05) is 60.7 Å². The number of benzene rings is 2. The van der Waals surface area contributed by atoms with E-state index in [0.717, 1.165) is 35.2 Å². The van der Waals surface area contributed by atoms with Gasteiger partial charge in [-0.15, -0.1) is 0 Å². The molecular formula is C27H29N3O3. The molecule has 2 fully saturated rings. The maximum atomic E-state index is 13.5. The molecule has 6 rings (SSSR count). The Morgan fingerprint density at radius 1 is 0.909 bits per heavy atom. The standard InChI is InChI=1S/C27H29N3O3/c1-16-7-6-8-17(2)24(16)29-27(33)28-21(15-18-9-4-3-5-10-18)30-25(31)22-19-11-12-20(14-13-19)23(22)26(30)32/h3-12,19-23H,13-15H2,1-2H3,(H2,28,29,33)/t19-,20-,21+,22-,23+/m0/s1. The minimum atomic E-state index is -0.748. The molecule has 6 heteroatoms. The largest absolute Gasteiger partial charge is 0.320 e. The fraction of sp³-hybridized carbons (Fsp3) is 0.370. The van der Waals surface area contributed by atoms with Gasteiger partial charge in [0.1, 0.15) is 6.17 Å². The van der Waals surface area contributed by atoms with Crippen LogP contribution in [0.1, 0.15) is 29.5 Å². The smallest absolute Gasteiger partial charge is 0.317 e. The second-order valence-electron chi connectivity index (χ2n) is 9.46. The van der Waals surface area contributed by atoms with Crippen LogP contribution in [0.5, 0.6) is 0 Å². The topological polar surface area (TPSA) is 78.5 Å². The van der Waals surface area contributed by atoms with Crippen molar-refractivity contribution in [2.75, 3.05) is 5.32 Å². The van der Waals surface area contributed by atoms with E-state index >= 15 is 0 Å². The predicted molar refractivity (Wildman–Crippen MR) is 126 cm³/mol. The molecule has 1 aliphatic heterocycles. The molecule has 0 radical (unpaired) electrons. The molecule has 33 heavy (non-hydrogen) atoms. The predicted octanol–water partition coefficient (Wildman–Crippen LogP) is 4.19. The van der Waals surface area contributed by atoms with Gasteiger partial charge in [-0.2, -0.15) is 0 Å². The van der Waals surface area contributed by atoms with Crippen LogP contribution in [0.2, 0.25) is 0 Å². The van der Waals surface area contributed by atoms with Gasteiger partial charge in [0.05, 0.1) is 11.8 Å². The molecule has 2 bridgehead atoms. The number of allylic oxidation sites excluding steroid dienone is 2. The third-order valence-electron chi connectivity index (χ3n) is 7.39. The average Bonchev–Trinajstić information content (AvgIpc) is 3.10. The molecule has 5 atom stereocenters. The van der Waals surface area contributed by atoms with Gasteiger partial charge < -0.3 is 10.6 Å². The van der Waals surface area contributed by atoms with Crippen LogP contribution in [0.3, 0.4) is 0 Å². The SMILES string of the molecule is Cc1cccc(C)c1NC(=O)N[C@@H](Cc1ccccc1)N1C(=O)[C@@H]2[C@H](C1=O)[C@H]1C=C[C@H]2CC1. The average molecular weight is 444 g/mol. The van der Waals surface area contributed by atoms with Crippen LogP contribution in [0.15, 0.2) is 60.7 Å². The number of likely N-dealkylation sites (tertiary alicyclic amines) is 1. The molecule has 3 aliphatic carbocycles. The zero-order chi connectivity index (χ0) is 23.1. The van der Waals surface area contributed by atoms with Crippen molar-refractivity contribution >= 4 is 23.5 Å². The molecule has 1 saturated carbocycles. The van der Waals surface area contributed by atoms with E-state index in [1.807, 2.05) is 62.4 Å². The van der Waals surface area contributed by atoms with Crippen molar-refractivity contribution in [1.82, 2.24) is 10.2 Å². The molecule has 0 spiro atoms. The Labute approximate surface area is 194 Å². The Morgan fingerprint density at radius 3 is 2.03 bits per heavy atom. The Bertz CT molecular complexity index is 1070. The van der Waals surface area contributed by atoms with E-state index in [0.29, 0.717) is 6.42 Å². The molecule has 170 valence electrons. The minimum Gasteiger partial charge on any atom is -0.317 e. The molecule has 0 aromatic heterocycles. The highest BCUT2D eigenvalue weighted by Crippen LogP contribution is 2.50. The number of urea groups is 1. The summed E-state index contributed by atoms with van der Waals surface area (Å²) in [5, 5.41) is 5.87. The molecule has 6 nitrogen and oxygen atoms in total. The number of carbonyl (C=O) groups excluding carboxylic acids is 3. The molecule has 1 saturated heterocycles. The summed E-state index contributed by atoms with van der Waals surface area (Å²) in [5.74, 6) is -0.690. The van der Waals surface area contributed by atoms with Crippen molar-refractivity contribution < 1.29 is 14.4 Å². The number of aryl methyl sites for hydroxylation is 2. The summed E-state index contributed by atoms with van der Waals surface area (Å²) in [6, 6.07) is 15.0. The van der Waals surface area contributed by atoms with Crippen LogP contribution in [0.25, 0.3) is 0 Å². The van der Waals surface area contributed by atoms with E-state index < -0.39 is 12.2 Å². The highest BCUT2D eigenvalue weighted by molar-refractivity contribution is 6.06. The number of amides is 4. The Kier molecular flexibility index (Phi) is 5.52. The highest BCUT2D eigenvalue weighted by Gasteiger charge is 2.58. The first kappa shape index (κ1) is 21.4. The lowest BCUT2D eigenvalue weighted by Gasteiger charge is -2.38. The zero-order valence-corrected chi connectivity index (χ0v) is 19.0. The van der Waals surface area contributed by atoms with Crippen molar-refractivity contribution in [2.45, 2.75) is 39.3 Å². The van der Waals surface area contributed by atoms with Crippen molar-refractivity contribution in [3.63, 3.8) is 0 Å². The third-order valence-corrected chi connectivity index (χ3v) is 7.39. The van der Waals surface area contributed by atoms with Crippen LogP contribution >= 0.6 is 0 Å². The zero-order valence-electron chi connectivity index (χ0n) is 19.0. The molecule has 4 aliphatic rings. The summed E-state index contributed by atoms with van der Waals surface area (Å²) in [5.41, 5.74) is 3.59. The van der Waals surface area contributed by atoms with Gasteiger partial charge in [-0.3, -0.25) is 14.5 Å². The van der Waals surface area contributed by atoms with Gasteiger partial charge in [0.15, 0.2) is 0 Å². The number of hydrogen-bond acceptors (Lipinski definition) is 3. The van der Waals surface area contributed by atoms with Crippen LogP contribution in [0, 0.1) is 37.5 Å². The third kappa shape index (κ3) is 3.84. The fourth-order valence-electron chi connectivity index (χ4n) is 5.76. The second kappa shape index (κ2) is 8.50. The van der Waals surface area contributed by atoms with Gasteiger partial charge >= 0.3 is 6.03 Å². The first-order valence-corrected chi connectivity index (χ1v) is 11.7. The molecule has 2 aromatic rings. The van der Waals surface area contributed by atoms with E-state index in [1.165, 1.54) is 4.90 Å². The lowest BCUT2D eigenvalue weighted by Crippen LogP contribution is -2.53. The van der Waals surface area contributed by atoms with Crippen molar-refractivity contribution in [3.05, 3.63) is 77.4 Å². The molecule has 1 heterocycles. The fourth-order valence-corrected chi connectivity index (χ4v) is 5.76. The van der Waals surface area contributed by atoms with Crippen LogP contribution in [-0.4, -0.2) is 28.9 Å². The number of nitrogens with zero attached hydrogens (tertiary/aromatic N) is 1. The van der Waals surface area contributed by atoms with E-state index in [4.69, 9.17) is 0 Å². The number of carbonyl (C=O) groups is 3. The first-order chi connectivity index (χ1) is 15.9. The summed E-state index contributed by atoms with van der Waals surface area (Å²) in [4.78, 5) is 41.4. The maximum Gasteiger partial charge on any atom is 0.320 e. The monoisotopic (exact) mass is 443 g/mol. The summed E-state index contributed by atoms with van der Waals surface area (Å²) in [6.45, 7) is 3.87. The van der Waals surface area contributed by atoms with Crippen molar-refractivity contribution in [2.24, 2.45) is 23.7 Å². The number of anilines is 1. The number of para-hydroxylation sites is 1. The van der Waals surface area contributed by atoms with Crippen LogP contribution in [0.4, 0.5) is 10.5 Å². The molecule has 2 aromatic carbocycles. The maximum absolute atomic E-state index is 13.5. The molecular weight excluding hydrogens is 414 g/mol. The number of nitrogens with one attached hydrogen (secondary N) is 2. The van der Waals surface area contributed by atoms with Crippen molar-refractivity contribution in [3.8, 4) is 0 Å². The van der Waals surface area contributed by atoms with Crippen molar-refractivity contribution in [1.29, 1.82) is 0 Å². The normalized spacial score (nSPS) is 26.3. The van der Waals surface area contributed by atoms with E-state index in [9.17, 15) is 14.4 Å². The summed E-state index contributed by atoms with van der Waals surface area (Å²) in [7, 11) is 0. The van der Waals surface area contributed by atoms with Crippen LogP contribution in [-0.2, 0) is 16.0 Å². The summed E-state index contributed by atoms with van der Waals surface area (Å²) >= 11 is 0. The highest BCUT2D eigenvalue weighted by atomic mass is 16.2. The lowest BCUT2D eigenvalue weighted by molar-refractivity contribution is -0.143. The van der Waals surface area contributed by atoms with Gasteiger partial charge in [0, 0.05) is 12.1 Å². The molecule has 4 amide bonds. The van der Waals surface area contributed by atoms with E-state index in [2.05, 4.69) is 22.8 Å². The summed E-state index contributed by atoms with van der Waals surface area (Å²) < 4.78 is 0. The quantitative estimate of drug-likeness (QED) is 0.537. The Hall–Kier alpha value is -3.41. The van der Waals surface area contributed by atoms with E-state index in [-0.39, 0.29) is 35.5 Å². The first-order valence-electron chi connectivity index (χ1n) is 11.7. The molecule has 2 N–H and O–H groups in total. The van der Waals surface area contributed by atoms with E-state index in [1.54, 1.807) is 0 Å². The van der Waals surface area contributed by atoms with Gasteiger partial charge in [0.25, 0.3) is 0 Å². The van der Waals surface area contributed by atoms with Gasteiger partial charge in [-0.05, 0) is 55.2 Å². The van der Waals surface area contributed by atoms with Crippen LogP contribution < -0.4 is 10.6 Å². The van der Waals surface area contributed by atoms with Gasteiger partial charge in [0.2, 0.25) is 11.8 Å². The summed E-state index contributed by atoms with van der Waals surface area (Å²) in [6.07, 6.45) is 5.72.